The van der Waals surface area contributed by atoms with E-state index in [0.717, 1.165) is 49.4 Å². The van der Waals surface area contributed by atoms with Crippen LogP contribution in [0.2, 0.25) is 0 Å². The van der Waals surface area contributed by atoms with Crippen LogP contribution in [-0.2, 0) is 6.54 Å². The molecule has 138 valence electrons. The molecule has 1 N–H and O–H groups in total. The van der Waals surface area contributed by atoms with E-state index in [1.54, 1.807) is 12.3 Å². The van der Waals surface area contributed by atoms with E-state index in [-0.39, 0.29) is 5.56 Å². The van der Waals surface area contributed by atoms with E-state index in [9.17, 15) is 4.79 Å². The minimum Gasteiger partial charge on any atom is -0.311 e. The molecule has 1 aliphatic rings. The van der Waals surface area contributed by atoms with Gasteiger partial charge in [-0.25, -0.2) is 15.0 Å². The molecule has 3 aromatic heterocycles. The molecule has 1 aliphatic heterocycles. The number of piperidine rings is 1. The molecule has 4 rings (SSSR count). The van der Waals surface area contributed by atoms with Crippen molar-refractivity contribution in [3.8, 4) is 11.5 Å². The Kier molecular flexibility index (Phi) is 5.02. The second-order valence-corrected chi connectivity index (χ2v) is 6.94. The van der Waals surface area contributed by atoms with Crippen molar-refractivity contribution >= 4 is 0 Å². The molecule has 0 spiro atoms. The predicted molar refractivity (Wildman–Crippen MR) is 102 cm³/mol. The van der Waals surface area contributed by atoms with Crippen LogP contribution in [0.4, 0.5) is 0 Å². The molecule has 27 heavy (non-hydrogen) atoms. The van der Waals surface area contributed by atoms with Crippen molar-refractivity contribution in [3.63, 3.8) is 0 Å². The van der Waals surface area contributed by atoms with Crippen LogP contribution in [-0.4, -0.2) is 42.9 Å². The second-order valence-electron chi connectivity index (χ2n) is 6.94. The lowest BCUT2D eigenvalue weighted by atomic mass is 9.93. The number of aryl methyl sites for hydroxylation is 1. The lowest BCUT2D eigenvalue weighted by Gasteiger charge is -2.31. The highest BCUT2D eigenvalue weighted by atomic mass is 16.1. The number of nitrogens with one attached hydrogen (secondary N) is 1. The van der Waals surface area contributed by atoms with Crippen LogP contribution < -0.4 is 5.56 Å². The molecule has 1 fully saturated rings. The first-order valence-corrected chi connectivity index (χ1v) is 9.20. The SMILES string of the molecule is Cc1nc(C2CCN(Cc3cnc(-c4ccccn4)nc3)CC2)cc(=O)[nH]1. The van der Waals surface area contributed by atoms with Gasteiger partial charge in [-0.2, -0.15) is 0 Å². The zero-order valence-corrected chi connectivity index (χ0v) is 15.3. The Morgan fingerprint density at radius 1 is 1.15 bits per heavy atom. The Morgan fingerprint density at radius 3 is 2.59 bits per heavy atom. The number of hydrogen-bond acceptors (Lipinski definition) is 6. The van der Waals surface area contributed by atoms with Gasteiger partial charge in [0.05, 0.1) is 5.69 Å². The lowest BCUT2D eigenvalue weighted by molar-refractivity contribution is 0.202. The van der Waals surface area contributed by atoms with Gasteiger partial charge in [0.25, 0.3) is 5.56 Å². The highest BCUT2D eigenvalue weighted by molar-refractivity contribution is 5.47. The van der Waals surface area contributed by atoms with Crippen LogP contribution in [0.3, 0.4) is 0 Å². The number of hydrogen-bond donors (Lipinski definition) is 1. The maximum atomic E-state index is 11.7. The fourth-order valence-electron chi connectivity index (χ4n) is 3.52. The molecule has 7 nitrogen and oxygen atoms in total. The monoisotopic (exact) mass is 362 g/mol. The maximum absolute atomic E-state index is 11.7. The summed E-state index contributed by atoms with van der Waals surface area (Å²) in [6, 6.07) is 7.35. The second kappa shape index (κ2) is 7.75. The number of nitrogens with zero attached hydrogens (tertiary/aromatic N) is 5. The largest absolute Gasteiger partial charge is 0.311 e. The lowest BCUT2D eigenvalue weighted by Crippen LogP contribution is -2.33. The number of rotatable bonds is 4. The summed E-state index contributed by atoms with van der Waals surface area (Å²) < 4.78 is 0. The van der Waals surface area contributed by atoms with Crippen LogP contribution in [0.1, 0.15) is 35.8 Å². The number of aromatic amines is 1. The molecular weight excluding hydrogens is 340 g/mol. The standard InChI is InChI=1S/C20H22N6O/c1-14-24-18(10-19(27)25-14)16-5-8-26(9-6-16)13-15-11-22-20(23-12-15)17-4-2-3-7-21-17/h2-4,7,10-12,16H,5-6,8-9,13H2,1H3,(H,24,25,27). The van der Waals surface area contributed by atoms with E-state index < -0.39 is 0 Å². The molecule has 1 saturated heterocycles. The number of pyridine rings is 1. The van der Waals surface area contributed by atoms with Gasteiger partial charge in [-0.1, -0.05) is 6.07 Å². The van der Waals surface area contributed by atoms with Gasteiger partial charge >= 0.3 is 0 Å². The van der Waals surface area contributed by atoms with Crippen molar-refractivity contribution < 1.29 is 0 Å². The summed E-state index contributed by atoms with van der Waals surface area (Å²) in [5, 5.41) is 0. The first-order chi connectivity index (χ1) is 13.2. The van der Waals surface area contributed by atoms with Gasteiger partial charge < -0.3 is 4.98 Å². The zero-order valence-electron chi connectivity index (χ0n) is 15.3. The minimum absolute atomic E-state index is 0.0647. The topological polar surface area (TPSA) is 87.7 Å². The first kappa shape index (κ1) is 17.5. The Bertz CT molecular complexity index is 946. The molecule has 0 amide bonds. The van der Waals surface area contributed by atoms with Crippen LogP contribution in [0.5, 0.6) is 0 Å². The molecule has 0 atom stereocenters. The van der Waals surface area contributed by atoms with Gasteiger partial charge in [-0.05, 0) is 45.0 Å². The van der Waals surface area contributed by atoms with Crippen LogP contribution >= 0.6 is 0 Å². The Morgan fingerprint density at radius 2 is 1.93 bits per heavy atom. The molecule has 0 aliphatic carbocycles. The summed E-state index contributed by atoms with van der Waals surface area (Å²) in [5.74, 6) is 1.68. The third-order valence-corrected chi connectivity index (χ3v) is 4.89. The average Bonchev–Trinajstić information content (AvgIpc) is 2.69. The highest BCUT2D eigenvalue weighted by Gasteiger charge is 2.22. The number of aromatic nitrogens is 5. The van der Waals surface area contributed by atoms with E-state index in [1.807, 2.05) is 37.5 Å². The summed E-state index contributed by atoms with van der Waals surface area (Å²) in [4.78, 5) is 34.5. The van der Waals surface area contributed by atoms with Gasteiger partial charge in [0.1, 0.15) is 11.5 Å². The third kappa shape index (κ3) is 4.25. The molecular formula is C20H22N6O. The van der Waals surface area contributed by atoms with Gasteiger partial charge in [-0.3, -0.25) is 14.7 Å². The van der Waals surface area contributed by atoms with E-state index in [0.29, 0.717) is 17.6 Å². The van der Waals surface area contributed by atoms with Gasteiger partial charge in [0.15, 0.2) is 5.82 Å². The molecule has 3 aromatic rings. The van der Waals surface area contributed by atoms with Crippen molar-refractivity contribution in [2.75, 3.05) is 13.1 Å². The van der Waals surface area contributed by atoms with Crippen LogP contribution in [0, 0.1) is 6.92 Å². The quantitative estimate of drug-likeness (QED) is 0.766. The van der Waals surface area contributed by atoms with Gasteiger partial charge in [0, 0.05) is 42.7 Å². The molecule has 0 bridgehead atoms. The molecule has 0 radical (unpaired) electrons. The molecule has 7 heteroatoms. The Balaban J connectivity index is 1.36. The zero-order chi connectivity index (χ0) is 18.6. The highest BCUT2D eigenvalue weighted by Crippen LogP contribution is 2.26. The molecule has 4 heterocycles. The summed E-state index contributed by atoms with van der Waals surface area (Å²) in [5.41, 5.74) is 2.73. The van der Waals surface area contributed by atoms with Crippen LogP contribution in [0.25, 0.3) is 11.5 Å². The van der Waals surface area contributed by atoms with Crippen molar-refractivity contribution in [2.45, 2.75) is 32.2 Å². The van der Waals surface area contributed by atoms with Crippen molar-refractivity contribution in [2.24, 2.45) is 0 Å². The first-order valence-electron chi connectivity index (χ1n) is 9.20. The summed E-state index contributed by atoms with van der Waals surface area (Å²) >= 11 is 0. The number of likely N-dealkylation sites (tertiary alicyclic amines) is 1. The number of H-pyrrole nitrogens is 1. The minimum atomic E-state index is -0.0647. The Labute approximate surface area is 157 Å². The predicted octanol–water partition coefficient (Wildman–Crippen LogP) is 2.31. The van der Waals surface area contributed by atoms with Crippen molar-refractivity contribution in [1.82, 2.24) is 29.8 Å². The summed E-state index contributed by atoms with van der Waals surface area (Å²) in [6.45, 7) is 4.60. The average molecular weight is 362 g/mol. The third-order valence-electron chi connectivity index (χ3n) is 4.89. The van der Waals surface area contributed by atoms with Crippen molar-refractivity contribution in [3.05, 3.63) is 70.3 Å². The van der Waals surface area contributed by atoms with Crippen molar-refractivity contribution in [1.29, 1.82) is 0 Å². The van der Waals surface area contributed by atoms with Gasteiger partial charge in [0.2, 0.25) is 0 Å². The van der Waals surface area contributed by atoms with E-state index in [1.165, 1.54) is 0 Å². The normalized spacial score (nSPS) is 15.7. The molecule has 0 aromatic carbocycles. The van der Waals surface area contributed by atoms with E-state index in [4.69, 9.17) is 0 Å². The summed E-state index contributed by atoms with van der Waals surface area (Å²) in [6.07, 6.45) is 7.51. The van der Waals surface area contributed by atoms with E-state index in [2.05, 4.69) is 29.8 Å². The van der Waals surface area contributed by atoms with Crippen LogP contribution in [0.15, 0.2) is 47.7 Å². The maximum Gasteiger partial charge on any atom is 0.251 e. The fraction of sp³-hybridized carbons (Fsp3) is 0.350. The Hall–Kier alpha value is -2.93. The molecule has 0 unspecified atom stereocenters. The van der Waals surface area contributed by atoms with Gasteiger partial charge in [-0.15, -0.1) is 0 Å². The smallest absolute Gasteiger partial charge is 0.251 e. The fourth-order valence-corrected chi connectivity index (χ4v) is 3.52. The molecule has 0 saturated carbocycles. The summed E-state index contributed by atoms with van der Waals surface area (Å²) in [7, 11) is 0. The van der Waals surface area contributed by atoms with E-state index >= 15 is 0 Å².